The summed E-state index contributed by atoms with van der Waals surface area (Å²) < 4.78 is 19.1. The maximum atomic E-state index is 13.2. The number of hydrogen-bond acceptors (Lipinski definition) is 3. The molecule has 0 amide bonds. The van der Waals surface area contributed by atoms with Crippen LogP contribution in [0.1, 0.15) is 18.1 Å². The first-order valence-corrected chi connectivity index (χ1v) is 8.29. The number of carbonyl (C=O) groups is 1. The van der Waals surface area contributed by atoms with Crippen molar-refractivity contribution in [1.29, 1.82) is 0 Å². The molecule has 1 unspecified atom stereocenters. The number of hydrogen-bond donors (Lipinski definition) is 0. The van der Waals surface area contributed by atoms with Crippen LogP contribution in [-0.4, -0.2) is 10.8 Å². The summed E-state index contributed by atoms with van der Waals surface area (Å²) in [7, 11) is 0. The van der Waals surface area contributed by atoms with Crippen LogP contribution >= 0.6 is 0 Å². The number of pyridine rings is 1. The van der Waals surface area contributed by atoms with Crippen LogP contribution in [-0.2, 0) is 15.1 Å². The summed E-state index contributed by atoms with van der Waals surface area (Å²) >= 11 is 0. The zero-order chi connectivity index (χ0) is 18.1. The fraction of sp³-hybridized carbons (Fsp3) is 0.0909. The number of ketones is 1. The van der Waals surface area contributed by atoms with Gasteiger partial charge in [-0.05, 0) is 42.8 Å². The van der Waals surface area contributed by atoms with Crippen molar-refractivity contribution in [3.8, 4) is 0 Å². The van der Waals surface area contributed by atoms with Gasteiger partial charge in [0.05, 0.1) is 5.52 Å². The highest BCUT2D eigenvalue weighted by Crippen LogP contribution is 2.35. The van der Waals surface area contributed by atoms with E-state index in [2.05, 4.69) is 4.98 Å². The molecule has 3 aromatic rings. The average Bonchev–Trinajstić information content (AvgIpc) is 2.95. The molecule has 0 saturated heterocycles. The largest absolute Gasteiger partial charge is 0.475 e. The molecule has 1 aliphatic heterocycles. The Morgan fingerprint density at radius 3 is 2.62 bits per heavy atom. The topological polar surface area (TPSA) is 39.2 Å². The van der Waals surface area contributed by atoms with E-state index in [9.17, 15) is 9.18 Å². The van der Waals surface area contributed by atoms with E-state index >= 15 is 0 Å². The average molecular weight is 345 g/mol. The lowest BCUT2D eigenvalue weighted by Gasteiger charge is -2.23. The molecule has 0 bridgehead atoms. The van der Waals surface area contributed by atoms with E-state index in [1.807, 2.05) is 36.4 Å². The first-order chi connectivity index (χ1) is 12.6. The molecule has 0 spiro atoms. The summed E-state index contributed by atoms with van der Waals surface area (Å²) in [6, 6.07) is 15.6. The molecule has 2 aromatic carbocycles. The third kappa shape index (κ3) is 2.80. The Hall–Kier alpha value is -3.27. The SMILES string of the molecule is CC1(c2ccc(F)cc2)OC(/C=C/c2ccnc3ccccc23)=CC1=O. The Kier molecular flexibility index (Phi) is 3.88. The highest BCUT2D eigenvalue weighted by molar-refractivity contribution is 6.00. The number of benzene rings is 2. The summed E-state index contributed by atoms with van der Waals surface area (Å²) in [6.07, 6.45) is 6.90. The molecular weight excluding hydrogens is 329 g/mol. The molecule has 0 aliphatic carbocycles. The maximum Gasteiger partial charge on any atom is 0.207 e. The van der Waals surface area contributed by atoms with Crippen LogP contribution < -0.4 is 0 Å². The summed E-state index contributed by atoms with van der Waals surface area (Å²) in [5, 5.41) is 1.03. The fourth-order valence-corrected chi connectivity index (χ4v) is 3.07. The lowest BCUT2D eigenvalue weighted by molar-refractivity contribution is -0.129. The summed E-state index contributed by atoms with van der Waals surface area (Å²) in [4.78, 5) is 16.8. The predicted octanol–water partition coefficient (Wildman–Crippen LogP) is 4.79. The third-order valence-corrected chi connectivity index (χ3v) is 4.57. The standard InChI is InChI=1S/C22H16FNO2/c1-22(16-7-9-17(23)10-8-16)21(25)14-18(26-22)11-6-15-12-13-24-20-5-3-2-4-19(15)20/h2-14H,1H3/b11-6+. The lowest BCUT2D eigenvalue weighted by Crippen LogP contribution is -2.29. The van der Waals surface area contributed by atoms with Crippen molar-refractivity contribution in [2.45, 2.75) is 12.5 Å². The maximum absolute atomic E-state index is 13.2. The van der Waals surface area contributed by atoms with Gasteiger partial charge in [0.2, 0.25) is 5.78 Å². The Bertz CT molecular complexity index is 1050. The number of halogens is 1. The summed E-state index contributed by atoms with van der Waals surface area (Å²) in [6.45, 7) is 1.70. The minimum Gasteiger partial charge on any atom is -0.475 e. The van der Waals surface area contributed by atoms with Gasteiger partial charge in [0.15, 0.2) is 5.60 Å². The molecule has 1 aromatic heterocycles. The Morgan fingerprint density at radius 1 is 1.04 bits per heavy atom. The van der Waals surface area contributed by atoms with Crippen molar-refractivity contribution in [3.63, 3.8) is 0 Å². The second-order valence-corrected chi connectivity index (χ2v) is 6.30. The van der Waals surface area contributed by atoms with Crippen LogP contribution in [0.15, 0.2) is 78.7 Å². The van der Waals surface area contributed by atoms with Gasteiger partial charge in [0, 0.05) is 23.2 Å². The molecule has 1 atom stereocenters. The van der Waals surface area contributed by atoms with Crippen molar-refractivity contribution in [2.24, 2.45) is 0 Å². The first-order valence-electron chi connectivity index (χ1n) is 8.29. The van der Waals surface area contributed by atoms with Gasteiger partial charge in [0.25, 0.3) is 0 Å². The monoisotopic (exact) mass is 345 g/mol. The van der Waals surface area contributed by atoms with Crippen molar-refractivity contribution >= 4 is 22.8 Å². The number of fused-ring (bicyclic) bond motifs is 1. The number of aromatic nitrogens is 1. The Morgan fingerprint density at radius 2 is 1.81 bits per heavy atom. The second kappa shape index (κ2) is 6.23. The molecule has 0 saturated carbocycles. The minimum atomic E-state index is -1.13. The summed E-state index contributed by atoms with van der Waals surface area (Å²) in [5.74, 6) is -0.0356. The van der Waals surface area contributed by atoms with Gasteiger partial charge in [-0.25, -0.2) is 4.39 Å². The molecule has 2 heterocycles. The number of carbonyl (C=O) groups excluding carboxylic acids is 1. The minimum absolute atomic E-state index is 0.164. The highest BCUT2D eigenvalue weighted by atomic mass is 19.1. The molecule has 0 radical (unpaired) electrons. The van der Waals surface area contributed by atoms with Gasteiger partial charge in [0.1, 0.15) is 11.6 Å². The fourth-order valence-electron chi connectivity index (χ4n) is 3.07. The van der Waals surface area contributed by atoms with Gasteiger partial charge in [-0.2, -0.15) is 0 Å². The normalized spacial score (nSPS) is 19.8. The van der Waals surface area contributed by atoms with Crippen LogP contribution in [0.2, 0.25) is 0 Å². The van der Waals surface area contributed by atoms with E-state index < -0.39 is 5.60 Å². The van der Waals surface area contributed by atoms with Crippen LogP contribution in [0.3, 0.4) is 0 Å². The van der Waals surface area contributed by atoms with E-state index in [4.69, 9.17) is 4.74 Å². The Balaban J connectivity index is 1.62. The zero-order valence-electron chi connectivity index (χ0n) is 14.1. The molecule has 128 valence electrons. The predicted molar refractivity (Wildman–Crippen MR) is 98.7 cm³/mol. The van der Waals surface area contributed by atoms with E-state index in [-0.39, 0.29) is 11.6 Å². The summed E-state index contributed by atoms with van der Waals surface area (Å²) in [5.41, 5.74) is 1.39. The van der Waals surface area contributed by atoms with Gasteiger partial charge in [-0.15, -0.1) is 0 Å². The van der Waals surface area contributed by atoms with Crippen molar-refractivity contribution in [1.82, 2.24) is 4.98 Å². The van der Waals surface area contributed by atoms with Crippen molar-refractivity contribution < 1.29 is 13.9 Å². The molecule has 0 fully saturated rings. The number of allylic oxidation sites excluding steroid dienone is 1. The third-order valence-electron chi connectivity index (χ3n) is 4.57. The van der Waals surface area contributed by atoms with E-state index in [1.165, 1.54) is 18.2 Å². The molecule has 4 rings (SSSR count). The van der Waals surface area contributed by atoms with Crippen molar-refractivity contribution in [3.05, 3.63) is 95.6 Å². The van der Waals surface area contributed by atoms with E-state index in [0.717, 1.165) is 16.5 Å². The molecular formula is C22H16FNO2. The van der Waals surface area contributed by atoms with E-state index in [0.29, 0.717) is 11.3 Å². The molecule has 1 aliphatic rings. The molecule has 0 N–H and O–H groups in total. The van der Waals surface area contributed by atoms with Crippen LogP contribution in [0.4, 0.5) is 4.39 Å². The number of para-hydroxylation sites is 1. The molecule has 26 heavy (non-hydrogen) atoms. The van der Waals surface area contributed by atoms with Crippen LogP contribution in [0.25, 0.3) is 17.0 Å². The zero-order valence-corrected chi connectivity index (χ0v) is 14.1. The lowest BCUT2D eigenvalue weighted by atomic mass is 9.92. The number of nitrogens with zero attached hydrogens (tertiary/aromatic N) is 1. The van der Waals surface area contributed by atoms with Crippen LogP contribution in [0, 0.1) is 5.82 Å². The van der Waals surface area contributed by atoms with Gasteiger partial charge < -0.3 is 4.74 Å². The second-order valence-electron chi connectivity index (χ2n) is 6.30. The smallest absolute Gasteiger partial charge is 0.207 e. The quantitative estimate of drug-likeness (QED) is 0.685. The molecule has 3 nitrogen and oxygen atoms in total. The Labute approximate surface area is 150 Å². The van der Waals surface area contributed by atoms with Crippen molar-refractivity contribution in [2.75, 3.05) is 0 Å². The molecule has 4 heteroatoms. The highest BCUT2D eigenvalue weighted by Gasteiger charge is 2.41. The van der Waals surface area contributed by atoms with Gasteiger partial charge >= 0.3 is 0 Å². The van der Waals surface area contributed by atoms with Gasteiger partial charge in [-0.3, -0.25) is 9.78 Å². The number of rotatable bonds is 3. The first kappa shape index (κ1) is 16.2. The van der Waals surface area contributed by atoms with Gasteiger partial charge in [-0.1, -0.05) is 36.4 Å². The van der Waals surface area contributed by atoms with Crippen LogP contribution in [0.5, 0.6) is 0 Å². The van der Waals surface area contributed by atoms with E-state index in [1.54, 1.807) is 31.3 Å². The number of ether oxygens (including phenoxy) is 1.